The lowest BCUT2D eigenvalue weighted by Crippen LogP contribution is -2.35. The molecule has 21 heavy (non-hydrogen) atoms. The van der Waals surface area contributed by atoms with E-state index in [0.29, 0.717) is 5.92 Å². The van der Waals surface area contributed by atoms with Gasteiger partial charge >= 0.3 is 6.09 Å². The Morgan fingerprint density at radius 2 is 2.00 bits per heavy atom. The summed E-state index contributed by atoms with van der Waals surface area (Å²) in [6, 6.07) is 6.65. The quantitative estimate of drug-likeness (QED) is 0.842. The Balaban J connectivity index is 1.77. The second kappa shape index (κ2) is 6.46. The number of carbonyl (C=O) groups excluding carboxylic acids is 1. The van der Waals surface area contributed by atoms with Crippen molar-refractivity contribution in [3.05, 3.63) is 35.6 Å². The van der Waals surface area contributed by atoms with E-state index in [2.05, 4.69) is 0 Å². The van der Waals surface area contributed by atoms with E-state index in [1.54, 1.807) is 4.90 Å². The largest absolute Gasteiger partial charge is 0.444 e. The summed E-state index contributed by atoms with van der Waals surface area (Å²) in [5.74, 6) is 0.304. The van der Waals surface area contributed by atoms with Crippen LogP contribution in [0.4, 0.5) is 9.18 Å². The zero-order valence-corrected chi connectivity index (χ0v) is 13.1. The number of halogens is 1. The van der Waals surface area contributed by atoms with Gasteiger partial charge in [0.1, 0.15) is 11.4 Å². The number of rotatable bonds is 3. The van der Waals surface area contributed by atoms with Gasteiger partial charge in [0.25, 0.3) is 0 Å². The van der Waals surface area contributed by atoms with E-state index in [1.807, 2.05) is 32.9 Å². The van der Waals surface area contributed by atoms with E-state index in [9.17, 15) is 9.18 Å². The molecule has 0 spiro atoms. The molecule has 1 aromatic rings. The lowest BCUT2D eigenvalue weighted by Gasteiger charge is -2.24. The van der Waals surface area contributed by atoms with E-state index in [-0.39, 0.29) is 11.9 Å². The zero-order valence-electron chi connectivity index (χ0n) is 13.1. The molecule has 0 aromatic heterocycles. The fourth-order valence-electron chi connectivity index (χ4n) is 2.58. The van der Waals surface area contributed by atoms with Crippen molar-refractivity contribution < 1.29 is 13.9 Å². The molecule has 1 amide bonds. The van der Waals surface area contributed by atoms with Gasteiger partial charge in [-0.3, -0.25) is 0 Å². The first-order valence-electron chi connectivity index (χ1n) is 7.56. The van der Waals surface area contributed by atoms with Crippen molar-refractivity contribution in [3.8, 4) is 0 Å². The SMILES string of the molecule is CC(C)(C)OC(=O)N1CCC(CCc2ccc(F)cc2)C1. The Morgan fingerprint density at radius 3 is 2.62 bits per heavy atom. The Kier molecular flexibility index (Phi) is 4.86. The molecular weight excluding hydrogens is 269 g/mol. The average molecular weight is 293 g/mol. The molecule has 4 heteroatoms. The Hall–Kier alpha value is -1.58. The lowest BCUT2D eigenvalue weighted by molar-refractivity contribution is 0.0287. The van der Waals surface area contributed by atoms with Crippen molar-refractivity contribution in [2.75, 3.05) is 13.1 Å². The first kappa shape index (κ1) is 15.8. The third-order valence-electron chi connectivity index (χ3n) is 3.69. The molecule has 0 bridgehead atoms. The molecule has 0 saturated carbocycles. The molecule has 0 radical (unpaired) electrons. The minimum atomic E-state index is -0.441. The molecule has 1 fully saturated rings. The van der Waals surface area contributed by atoms with Crippen LogP contribution in [-0.2, 0) is 11.2 Å². The van der Waals surface area contributed by atoms with Crippen LogP contribution in [0.1, 0.15) is 39.2 Å². The van der Waals surface area contributed by atoms with Gasteiger partial charge in [-0.05, 0) is 63.6 Å². The fourth-order valence-corrected chi connectivity index (χ4v) is 2.58. The molecule has 1 heterocycles. The number of amides is 1. The van der Waals surface area contributed by atoms with Gasteiger partial charge < -0.3 is 9.64 Å². The monoisotopic (exact) mass is 293 g/mol. The van der Waals surface area contributed by atoms with Gasteiger partial charge in [-0.1, -0.05) is 12.1 Å². The van der Waals surface area contributed by atoms with Crippen molar-refractivity contribution in [2.45, 2.75) is 45.6 Å². The van der Waals surface area contributed by atoms with Crippen LogP contribution in [0.5, 0.6) is 0 Å². The second-order valence-electron chi connectivity index (χ2n) is 6.75. The molecule has 1 saturated heterocycles. The Labute approximate surface area is 126 Å². The summed E-state index contributed by atoms with van der Waals surface area (Å²) in [6.45, 7) is 7.17. The van der Waals surface area contributed by atoms with Crippen LogP contribution in [0.2, 0.25) is 0 Å². The molecule has 0 N–H and O–H groups in total. The zero-order chi connectivity index (χ0) is 15.5. The van der Waals surface area contributed by atoms with Crippen molar-refractivity contribution in [1.29, 1.82) is 0 Å². The lowest BCUT2D eigenvalue weighted by atomic mass is 9.99. The van der Waals surface area contributed by atoms with E-state index in [0.717, 1.165) is 37.9 Å². The number of likely N-dealkylation sites (tertiary alicyclic amines) is 1. The molecular formula is C17H24FNO2. The van der Waals surface area contributed by atoms with Crippen LogP contribution in [-0.4, -0.2) is 29.7 Å². The number of benzene rings is 1. The molecule has 1 aliphatic heterocycles. The summed E-state index contributed by atoms with van der Waals surface area (Å²) in [5, 5.41) is 0. The molecule has 1 aliphatic rings. The summed E-state index contributed by atoms with van der Waals surface area (Å²) in [7, 11) is 0. The second-order valence-corrected chi connectivity index (χ2v) is 6.75. The van der Waals surface area contributed by atoms with Crippen molar-refractivity contribution in [1.82, 2.24) is 4.90 Å². The highest BCUT2D eigenvalue weighted by atomic mass is 19.1. The molecule has 1 aromatic carbocycles. The summed E-state index contributed by atoms with van der Waals surface area (Å²) in [6.07, 6.45) is 2.74. The van der Waals surface area contributed by atoms with Crippen molar-refractivity contribution in [3.63, 3.8) is 0 Å². The topological polar surface area (TPSA) is 29.5 Å². The predicted octanol–water partition coefficient (Wildman–Crippen LogP) is 4.02. The molecule has 3 nitrogen and oxygen atoms in total. The molecule has 1 atom stereocenters. The fraction of sp³-hybridized carbons (Fsp3) is 0.588. The smallest absolute Gasteiger partial charge is 0.410 e. The predicted molar refractivity (Wildman–Crippen MR) is 80.6 cm³/mol. The van der Waals surface area contributed by atoms with Gasteiger partial charge in [-0.25, -0.2) is 9.18 Å². The normalized spacial score (nSPS) is 18.9. The van der Waals surface area contributed by atoms with Gasteiger partial charge in [-0.2, -0.15) is 0 Å². The summed E-state index contributed by atoms with van der Waals surface area (Å²) in [5.41, 5.74) is 0.704. The standard InChI is InChI=1S/C17H24FNO2/c1-17(2,3)21-16(20)19-11-10-14(12-19)5-4-13-6-8-15(18)9-7-13/h6-9,14H,4-5,10-12H2,1-3H3. The van der Waals surface area contributed by atoms with Crippen LogP contribution in [0.3, 0.4) is 0 Å². The minimum Gasteiger partial charge on any atom is -0.444 e. The Bertz CT molecular complexity index is 479. The van der Waals surface area contributed by atoms with Crippen LogP contribution < -0.4 is 0 Å². The molecule has 1 unspecified atom stereocenters. The molecule has 0 aliphatic carbocycles. The minimum absolute atomic E-state index is 0.198. The molecule has 2 rings (SSSR count). The van der Waals surface area contributed by atoms with Gasteiger partial charge in [-0.15, -0.1) is 0 Å². The summed E-state index contributed by atoms with van der Waals surface area (Å²) < 4.78 is 18.2. The van der Waals surface area contributed by atoms with Crippen molar-refractivity contribution >= 4 is 6.09 Å². The maximum absolute atomic E-state index is 12.8. The number of aryl methyl sites for hydroxylation is 1. The van der Waals surface area contributed by atoms with Gasteiger partial charge in [0, 0.05) is 13.1 Å². The summed E-state index contributed by atoms with van der Waals surface area (Å²) >= 11 is 0. The number of carbonyl (C=O) groups is 1. The summed E-state index contributed by atoms with van der Waals surface area (Å²) in [4.78, 5) is 13.8. The average Bonchev–Trinajstić information content (AvgIpc) is 2.85. The number of ether oxygens (including phenoxy) is 1. The van der Waals surface area contributed by atoms with Gasteiger partial charge in [0.2, 0.25) is 0 Å². The van der Waals surface area contributed by atoms with Crippen LogP contribution in [0.15, 0.2) is 24.3 Å². The highest BCUT2D eigenvalue weighted by Crippen LogP contribution is 2.23. The molecule has 116 valence electrons. The van der Waals surface area contributed by atoms with E-state index >= 15 is 0 Å². The highest BCUT2D eigenvalue weighted by Gasteiger charge is 2.29. The van der Waals surface area contributed by atoms with E-state index in [4.69, 9.17) is 4.74 Å². The first-order valence-corrected chi connectivity index (χ1v) is 7.56. The number of nitrogens with zero attached hydrogens (tertiary/aromatic N) is 1. The third kappa shape index (κ3) is 5.03. The Morgan fingerprint density at radius 1 is 1.33 bits per heavy atom. The van der Waals surface area contributed by atoms with E-state index in [1.165, 1.54) is 12.1 Å². The number of hydrogen-bond donors (Lipinski definition) is 0. The van der Waals surface area contributed by atoms with Gasteiger partial charge in [0.05, 0.1) is 0 Å². The van der Waals surface area contributed by atoms with Gasteiger partial charge in [0.15, 0.2) is 0 Å². The first-order chi connectivity index (χ1) is 9.83. The van der Waals surface area contributed by atoms with Crippen LogP contribution in [0.25, 0.3) is 0 Å². The van der Waals surface area contributed by atoms with Crippen LogP contribution >= 0.6 is 0 Å². The van der Waals surface area contributed by atoms with Crippen LogP contribution in [0, 0.1) is 11.7 Å². The third-order valence-corrected chi connectivity index (χ3v) is 3.69. The maximum Gasteiger partial charge on any atom is 0.410 e. The van der Waals surface area contributed by atoms with Crippen molar-refractivity contribution in [2.24, 2.45) is 5.92 Å². The maximum atomic E-state index is 12.8. The highest BCUT2D eigenvalue weighted by molar-refractivity contribution is 5.68. The van der Waals surface area contributed by atoms with E-state index < -0.39 is 5.60 Å². The number of hydrogen-bond acceptors (Lipinski definition) is 2.